The zero-order valence-electron chi connectivity index (χ0n) is 11.0. The highest BCUT2D eigenvalue weighted by Crippen LogP contribution is 2.29. The second-order valence-corrected chi connectivity index (χ2v) is 6.66. The van der Waals surface area contributed by atoms with Gasteiger partial charge in [0.25, 0.3) is 5.69 Å². The quantitative estimate of drug-likeness (QED) is 0.661. The van der Waals surface area contributed by atoms with Gasteiger partial charge in [-0.15, -0.1) is 0 Å². The van der Waals surface area contributed by atoms with Crippen LogP contribution in [0.1, 0.15) is 18.4 Å². The first-order valence-corrected chi connectivity index (χ1v) is 7.69. The van der Waals surface area contributed by atoms with E-state index in [4.69, 9.17) is 0 Å². The predicted octanol–water partition coefficient (Wildman–Crippen LogP) is 1.05. The number of benzene rings is 1. The van der Waals surface area contributed by atoms with Crippen molar-refractivity contribution >= 4 is 15.7 Å². The fraction of sp³-hybridized carbons (Fsp3) is 0.500. The lowest BCUT2D eigenvalue weighted by atomic mass is 10.2. The first kappa shape index (κ1) is 14.9. The van der Waals surface area contributed by atoms with Crippen LogP contribution in [0.15, 0.2) is 23.1 Å². The largest absolute Gasteiger partial charge is 0.395 e. The molecule has 1 N–H and O–H groups in total. The molecule has 0 bridgehead atoms. The molecule has 110 valence electrons. The Bertz CT molecular complexity index is 629. The average Bonchev–Trinajstić information content (AvgIpc) is 2.87. The van der Waals surface area contributed by atoms with Gasteiger partial charge in [0.2, 0.25) is 10.0 Å². The van der Waals surface area contributed by atoms with Crippen LogP contribution in [0.5, 0.6) is 0 Å². The van der Waals surface area contributed by atoms with Gasteiger partial charge in [0.15, 0.2) is 0 Å². The van der Waals surface area contributed by atoms with Crippen LogP contribution in [0.4, 0.5) is 5.69 Å². The Kier molecular flexibility index (Phi) is 4.07. The molecule has 1 atom stereocenters. The highest BCUT2D eigenvalue weighted by molar-refractivity contribution is 7.89. The number of nitro groups is 1. The van der Waals surface area contributed by atoms with Gasteiger partial charge in [-0.2, -0.15) is 4.31 Å². The molecule has 1 aromatic carbocycles. The minimum atomic E-state index is -3.72. The fourth-order valence-electron chi connectivity index (χ4n) is 2.47. The Hall–Kier alpha value is -1.51. The normalized spacial score (nSPS) is 20.2. The minimum Gasteiger partial charge on any atom is -0.395 e. The van der Waals surface area contributed by atoms with Crippen LogP contribution in [0, 0.1) is 17.0 Å². The number of hydrogen-bond acceptors (Lipinski definition) is 5. The van der Waals surface area contributed by atoms with Gasteiger partial charge < -0.3 is 5.11 Å². The number of non-ortho nitro benzene ring substituents is 1. The number of nitro benzene ring substituents is 1. The van der Waals surface area contributed by atoms with E-state index in [0.29, 0.717) is 24.9 Å². The van der Waals surface area contributed by atoms with E-state index in [0.717, 1.165) is 0 Å². The summed E-state index contributed by atoms with van der Waals surface area (Å²) in [4.78, 5) is 10.2. The molecular weight excluding hydrogens is 284 g/mol. The second-order valence-electron chi connectivity index (χ2n) is 4.80. The zero-order valence-corrected chi connectivity index (χ0v) is 11.8. The van der Waals surface area contributed by atoms with Crippen molar-refractivity contribution in [3.8, 4) is 0 Å². The van der Waals surface area contributed by atoms with Crippen molar-refractivity contribution in [2.24, 2.45) is 0 Å². The van der Waals surface area contributed by atoms with Gasteiger partial charge in [-0.3, -0.25) is 10.1 Å². The average molecular weight is 300 g/mol. The number of aliphatic hydroxyl groups excluding tert-OH is 1. The van der Waals surface area contributed by atoms with Gasteiger partial charge in [-0.25, -0.2) is 8.42 Å². The Morgan fingerprint density at radius 1 is 1.50 bits per heavy atom. The molecule has 1 heterocycles. The number of aliphatic hydroxyl groups is 1. The maximum atomic E-state index is 12.6. The monoisotopic (exact) mass is 300 g/mol. The third-order valence-corrected chi connectivity index (χ3v) is 5.60. The molecule has 20 heavy (non-hydrogen) atoms. The summed E-state index contributed by atoms with van der Waals surface area (Å²) < 4.78 is 26.4. The second kappa shape index (κ2) is 5.47. The molecule has 0 radical (unpaired) electrons. The third-order valence-electron chi connectivity index (χ3n) is 3.49. The molecule has 0 aliphatic carbocycles. The van der Waals surface area contributed by atoms with E-state index in [9.17, 15) is 23.6 Å². The van der Waals surface area contributed by atoms with E-state index in [1.807, 2.05) is 0 Å². The summed E-state index contributed by atoms with van der Waals surface area (Å²) in [5.74, 6) is 0. The summed E-state index contributed by atoms with van der Waals surface area (Å²) in [6.45, 7) is 1.68. The summed E-state index contributed by atoms with van der Waals surface area (Å²) >= 11 is 0. The van der Waals surface area contributed by atoms with Crippen molar-refractivity contribution in [1.29, 1.82) is 0 Å². The van der Waals surface area contributed by atoms with Crippen molar-refractivity contribution in [2.45, 2.75) is 30.7 Å². The Labute approximate surface area is 117 Å². The topological polar surface area (TPSA) is 101 Å². The summed E-state index contributed by atoms with van der Waals surface area (Å²) in [5.41, 5.74) is 0.198. The summed E-state index contributed by atoms with van der Waals surface area (Å²) in [7, 11) is -3.72. The molecule has 1 aromatic rings. The van der Waals surface area contributed by atoms with Gasteiger partial charge in [-0.05, 0) is 31.4 Å². The summed E-state index contributed by atoms with van der Waals surface area (Å²) in [5, 5.41) is 19.9. The Morgan fingerprint density at radius 3 is 2.75 bits per heavy atom. The number of sulfonamides is 1. The molecule has 0 amide bonds. The van der Waals surface area contributed by atoms with E-state index in [1.165, 1.54) is 29.4 Å². The van der Waals surface area contributed by atoms with Gasteiger partial charge in [-0.1, -0.05) is 0 Å². The smallest absolute Gasteiger partial charge is 0.269 e. The van der Waals surface area contributed by atoms with Gasteiger partial charge >= 0.3 is 0 Å². The van der Waals surface area contributed by atoms with Crippen LogP contribution in [0.25, 0.3) is 0 Å². The zero-order chi connectivity index (χ0) is 14.9. The molecule has 1 saturated heterocycles. The van der Waals surface area contributed by atoms with Crippen molar-refractivity contribution < 1.29 is 18.4 Å². The lowest BCUT2D eigenvalue weighted by Gasteiger charge is -2.23. The Morgan fingerprint density at radius 2 is 2.20 bits per heavy atom. The SMILES string of the molecule is Cc1cc([N+](=O)[O-])ccc1S(=O)(=O)N1CCCC1CO. The third kappa shape index (κ3) is 2.54. The first-order chi connectivity index (χ1) is 9.37. The van der Waals surface area contributed by atoms with E-state index in [2.05, 4.69) is 0 Å². The van der Waals surface area contributed by atoms with Crippen LogP contribution in [0.2, 0.25) is 0 Å². The lowest BCUT2D eigenvalue weighted by molar-refractivity contribution is -0.385. The molecule has 0 saturated carbocycles. The molecule has 1 aliphatic rings. The van der Waals surface area contributed by atoms with Crippen LogP contribution in [0.3, 0.4) is 0 Å². The van der Waals surface area contributed by atoms with Crippen molar-refractivity contribution in [3.05, 3.63) is 33.9 Å². The number of nitrogens with zero attached hydrogens (tertiary/aromatic N) is 2. The number of aryl methyl sites for hydroxylation is 1. The van der Waals surface area contributed by atoms with E-state index in [1.54, 1.807) is 0 Å². The van der Waals surface area contributed by atoms with E-state index < -0.39 is 21.0 Å². The Balaban J connectivity index is 2.42. The highest BCUT2D eigenvalue weighted by Gasteiger charge is 2.35. The molecule has 7 nitrogen and oxygen atoms in total. The van der Waals surface area contributed by atoms with Crippen LogP contribution in [-0.2, 0) is 10.0 Å². The maximum Gasteiger partial charge on any atom is 0.269 e. The molecular formula is C12H16N2O5S. The number of hydrogen-bond donors (Lipinski definition) is 1. The van der Waals surface area contributed by atoms with Crippen LogP contribution >= 0.6 is 0 Å². The minimum absolute atomic E-state index is 0.0587. The van der Waals surface area contributed by atoms with Gasteiger partial charge in [0, 0.05) is 24.7 Å². The van der Waals surface area contributed by atoms with Crippen LogP contribution < -0.4 is 0 Å². The molecule has 1 unspecified atom stereocenters. The van der Waals surface area contributed by atoms with Crippen molar-refractivity contribution in [3.63, 3.8) is 0 Å². The molecule has 8 heteroatoms. The standard InChI is InChI=1S/C12H16N2O5S/c1-9-7-10(14(16)17)4-5-12(9)20(18,19)13-6-2-3-11(13)8-15/h4-5,7,11,15H,2-3,6,8H2,1H3. The maximum absolute atomic E-state index is 12.6. The predicted molar refractivity (Wildman–Crippen MR) is 71.8 cm³/mol. The van der Waals surface area contributed by atoms with Crippen LogP contribution in [-0.4, -0.2) is 41.9 Å². The summed E-state index contributed by atoms with van der Waals surface area (Å²) in [6.07, 6.45) is 1.33. The molecule has 1 fully saturated rings. The molecule has 1 aliphatic heterocycles. The highest BCUT2D eigenvalue weighted by atomic mass is 32.2. The van der Waals surface area contributed by atoms with Crippen molar-refractivity contribution in [2.75, 3.05) is 13.2 Å². The number of rotatable bonds is 4. The van der Waals surface area contributed by atoms with Gasteiger partial charge in [0.05, 0.1) is 16.4 Å². The summed E-state index contributed by atoms with van der Waals surface area (Å²) in [6, 6.07) is 3.28. The van der Waals surface area contributed by atoms with E-state index >= 15 is 0 Å². The lowest BCUT2D eigenvalue weighted by Crippen LogP contribution is -2.37. The molecule has 2 rings (SSSR count). The van der Waals surface area contributed by atoms with Crippen molar-refractivity contribution in [1.82, 2.24) is 4.31 Å². The molecule has 0 spiro atoms. The fourth-order valence-corrected chi connectivity index (χ4v) is 4.36. The van der Waals surface area contributed by atoms with Gasteiger partial charge in [0.1, 0.15) is 0 Å². The first-order valence-electron chi connectivity index (χ1n) is 6.25. The molecule has 0 aromatic heterocycles. The van der Waals surface area contributed by atoms with E-state index in [-0.39, 0.29) is 17.2 Å².